The van der Waals surface area contributed by atoms with Gasteiger partial charge in [-0.05, 0) is 103 Å². The van der Waals surface area contributed by atoms with Crippen molar-refractivity contribution in [1.29, 1.82) is 0 Å². The second-order valence-electron chi connectivity index (χ2n) is 15.7. The summed E-state index contributed by atoms with van der Waals surface area (Å²) in [6, 6.07) is 16.7. The van der Waals surface area contributed by atoms with Gasteiger partial charge in [0.15, 0.2) is 11.6 Å². The maximum Gasteiger partial charge on any atom is 0.387 e. The number of aromatic nitrogens is 3. The number of hydrogen-bond donors (Lipinski definition) is 3. The number of carboxylic acid groups (broad SMARTS) is 1. The third-order valence-corrected chi connectivity index (χ3v) is 11.4. The highest BCUT2D eigenvalue weighted by Gasteiger charge is 2.32. The molecule has 5 aromatic rings. The molecule has 0 aliphatic carbocycles. The predicted octanol–water partition coefficient (Wildman–Crippen LogP) is 8.13. The maximum atomic E-state index is 14.1. The number of benzene rings is 3. The lowest BCUT2D eigenvalue weighted by molar-refractivity contribution is -0.141. The minimum absolute atomic E-state index is 0.0550. The first-order valence-corrected chi connectivity index (χ1v) is 19.2. The van der Waals surface area contributed by atoms with E-state index >= 15 is 0 Å². The Morgan fingerprint density at radius 2 is 1.74 bits per heavy atom. The number of rotatable bonds is 12. The van der Waals surface area contributed by atoms with Crippen molar-refractivity contribution in [2.75, 3.05) is 31.5 Å². The van der Waals surface area contributed by atoms with Gasteiger partial charge in [0.05, 0.1) is 28.4 Å². The minimum atomic E-state index is -3.02. The summed E-state index contributed by atoms with van der Waals surface area (Å²) in [5, 5.41) is 23.1. The Kier molecular flexibility index (Phi) is 10.6. The van der Waals surface area contributed by atoms with Crippen molar-refractivity contribution < 1.29 is 37.3 Å². The van der Waals surface area contributed by atoms with Crippen LogP contribution in [0.4, 0.5) is 34.8 Å². The molecule has 0 spiro atoms. The zero-order chi connectivity index (χ0) is 40.9. The largest absolute Gasteiger partial charge is 0.481 e. The van der Waals surface area contributed by atoms with Gasteiger partial charge < -0.3 is 20.3 Å². The molecule has 302 valence electrons. The fourth-order valence-electron chi connectivity index (χ4n) is 8.38. The second kappa shape index (κ2) is 15.7. The molecule has 11 nitrogen and oxygen atoms in total. The van der Waals surface area contributed by atoms with Crippen LogP contribution in [0.3, 0.4) is 0 Å². The molecule has 2 fully saturated rings. The summed E-state index contributed by atoms with van der Waals surface area (Å²) in [4.78, 5) is 33.4. The number of alkyl halides is 4. The van der Waals surface area contributed by atoms with Crippen LogP contribution in [0.15, 0.2) is 65.8 Å². The number of likely N-dealkylation sites (tertiary alicyclic amines) is 2. The third-order valence-electron chi connectivity index (χ3n) is 11.4. The van der Waals surface area contributed by atoms with E-state index in [-0.39, 0.29) is 23.6 Å². The van der Waals surface area contributed by atoms with Gasteiger partial charge in [-0.2, -0.15) is 8.78 Å². The summed E-state index contributed by atoms with van der Waals surface area (Å²) in [5.74, 6) is -1.78. The monoisotopic (exact) mass is 797 g/mol. The number of aliphatic imine (C=N–C) groups is 1. The normalized spacial score (nSPS) is 19.7. The first-order valence-electron chi connectivity index (χ1n) is 19.2. The zero-order valence-electron chi connectivity index (χ0n) is 32.3. The van der Waals surface area contributed by atoms with Crippen molar-refractivity contribution >= 4 is 39.9 Å². The Bertz CT molecular complexity index is 2440. The van der Waals surface area contributed by atoms with Gasteiger partial charge in [0, 0.05) is 56.6 Å². The van der Waals surface area contributed by atoms with Crippen molar-refractivity contribution in [3.05, 3.63) is 100.0 Å². The third kappa shape index (κ3) is 8.11. The number of nitrogens with zero attached hydrogens (tertiary/aromatic N) is 6. The number of ether oxygens (including phenoxy) is 1. The number of fused-ring (bicyclic) bond motifs is 2. The molecule has 2 unspecified atom stereocenters. The smallest absolute Gasteiger partial charge is 0.387 e. The molecular weight excluding hydrogens is 755 g/mol. The van der Waals surface area contributed by atoms with Crippen LogP contribution in [-0.2, 0) is 24.3 Å². The minimum Gasteiger partial charge on any atom is -0.481 e. The molecule has 3 aromatic carbocycles. The van der Waals surface area contributed by atoms with Crippen LogP contribution in [0.25, 0.3) is 22.2 Å². The Hall–Kier alpha value is -5.51. The number of halogens is 4. The van der Waals surface area contributed by atoms with Crippen molar-refractivity contribution in [3.63, 3.8) is 0 Å². The molecule has 3 aliphatic rings. The Balaban J connectivity index is 1.07. The lowest BCUT2D eigenvalue weighted by atomic mass is 9.90. The summed E-state index contributed by atoms with van der Waals surface area (Å²) in [7, 11) is 0. The predicted molar refractivity (Wildman–Crippen MR) is 211 cm³/mol. The number of nitrogens with one attached hydrogen (secondary N) is 1. The summed E-state index contributed by atoms with van der Waals surface area (Å²) in [6.07, 6.45) is 0.309. The average molecular weight is 798 g/mol. The zero-order valence-corrected chi connectivity index (χ0v) is 32.3. The highest BCUT2D eigenvalue weighted by molar-refractivity contribution is 6.08. The lowest BCUT2D eigenvalue weighted by Gasteiger charge is -2.19. The van der Waals surface area contributed by atoms with Crippen molar-refractivity contribution in [1.82, 2.24) is 24.8 Å². The topological polar surface area (TPSA) is 136 Å². The van der Waals surface area contributed by atoms with Gasteiger partial charge in [0.25, 0.3) is 6.43 Å². The lowest BCUT2D eigenvalue weighted by Crippen LogP contribution is -2.29. The molecular formula is C43H43F4N7O4. The van der Waals surface area contributed by atoms with Crippen LogP contribution in [-0.4, -0.2) is 85.0 Å². The van der Waals surface area contributed by atoms with Crippen LogP contribution >= 0.6 is 0 Å². The Labute approximate surface area is 332 Å². The average Bonchev–Trinajstić information content (AvgIpc) is 3.90. The van der Waals surface area contributed by atoms with E-state index in [9.17, 15) is 32.6 Å². The number of anilines is 2. The first-order chi connectivity index (χ1) is 27.7. The summed E-state index contributed by atoms with van der Waals surface area (Å²) in [5.41, 5.74) is 8.46. The SMILES string of the molecule is Cc1c(Nc2nc(C(F)F)nc3cc(CN4CCC(C)(O)C4)cnc23)cccc1-c1cccc(C2=Nc3cc(CN4CCC(C(=O)O)C4)c(OC(F)F)cc3C2)c1C. The van der Waals surface area contributed by atoms with Crippen molar-refractivity contribution in [3.8, 4) is 16.9 Å². The van der Waals surface area contributed by atoms with E-state index in [0.29, 0.717) is 74.4 Å². The van der Waals surface area contributed by atoms with E-state index in [1.807, 2.05) is 55.1 Å². The first kappa shape index (κ1) is 39.3. The molecule has 2 saturated heterocycles. The molecule has 0 saturated carbocycles. The molecule has 8 rings (SSSR count). The van der Waals surface area contributed by atoms with Crippen LogP contribution < -0.4 is 10.1 Å². The van der Waals surface area contributed by atoms with Crippen LogP contribution in [0.5, 0.6) is 5.75 Å². The quantitative estimate of drug-likeness (QED) is 0.106. The van der Waals surface area contributed by atoms with Crippen LogP contribution in [0.2, 0.25) is 0 Å². The van der Waals surface area contributed by atoms with E-state index in [4.69, 9.17) is 9.73 Å². The summed E-state index contributed by atoms with van der Waals surface area (Å²) < 4.78 is 60.3. The van der Waals surface area contributed by atoms with Crippen LogP contribution in [0, 0.1) is 19.8 Å². The molecule has 0 bridgehead atoms. The highest BCUT2D eigenvalue weighted by atomic mass is 19.3. The fraction of sp³-hybridized carbons (Fsp3) is 0.372. The maximum absolute atomic E-state index is 14.1. The number of hydrogen-bond acceptors (Lipinski definition) is 10. The van der Waals surface area contributed by atoms with Gasteiger partial charge in [0.1, 0.15) is 11.3 Å². The number of carbonyl (C=O) groups is 1. The number of aliphatic carboxylic acids is 1. The molecule has 15 heteroatoms. The van der Waals surface area contributed by atoms with Crippen LogP contribution in [0.1, 0.15) is 65.4 Å². The fourth-order valence-corrected chi connectivity index (χ4v) is 8.38. The molecule has 3 N–H and O–H groups in total. The van der Waals surface area contributed by atoms with Gasteiger partial charge in [-0.3, -0.25) is 24.6 Å². The number of β-amino-alcohol motifs (C(OH)–C–C–N with tert-alkyl or cyclic N) is 1. The van der Waals surface area contributed by atoms with Gasteiger partial charge in [-0.1, -0.05) is 30.3 Å². The summed E-state index contributed by atoms with van der Waals surface area (Å²) in [6.45, 7) is 5.54. The highest BCUT2D eigenvalue weighted by Crippen LogP contribution is 2.40. The molecule has 2 atom stereocenters. The molecule has 3 aliphatic heterocycles. The van der Waals surface area contributed by atoms with Gasteiger partial charge in [-0.25, -0.2) is 18.7 Å². The van der Waals surface area contributed by atoms with Crippen molar-refractivity contribution in [2.24, 2.45) is 10.9 Å². The molecule has 5 heterocycles. The second-order valence-corrected chi connectivity index (χ2v) is 15.7. The number of aliphatic hydroxyl groups is 1. The van der Waals surface area contributed by atoms with Crippen molar-refractivity contribution in [2.45, 2.75) is 71.8 Å². The van der Waals surface area contributed by atoms with E-state index < -0.39 is 36.3 Å². The Morgan fingerprint density at radius 3 is 2.45 bits per heavy atom. The summed E-state index contributed by atoms with van der Waals surface area (Å²) >= 11 is 0. The molecule has 0 amide bonds. The Morgan fingerprint density at radius 1 is 0.983 bits per heavy atom. The van der Waals surface area contributed by atoms with E-state index in [1.165, 1.54) is 0 Å². The number of carboxylic acids is 1. The standard InChI is InChI=1S/C43H43F4N7O4/c1-23-29(6-4-8-31(23)34-15-27-17-36(58-42(46)47)28(16-33(27)49-34)21-53-12-10-26(20-53)41(55)56)30-7-5-9-32(24(30)2)50-39-37-35(51-40(52-39)38(44)45)14-25(18-48-37)19-54-13-11-43(3,57)22-54/h4-9,14,16-18,26,38,42,57H,10-13,15,19-22H2,1-3H3,(H,55,56)(H,50,51,52). The molecule has 0 radical (unpaired) electrons. The van der Waals surface area contributed by atoms with Gasteiger partial charge >= 0.3 is 12.6 Å². The molecule has 2 aromatic heterocycles. The van der Waals surface area contributed by atoms with Gasteiger partial charge in [-0.15, -0.1) is 0 Å². The van der Waals surface area contributed by atoms with E-state index in [2.05, 4.69) is 25.2 Å². The van der Waals surface area contributed by atoms with E-state index in [0.717, 1.165) is 44.7 Å². The van der Waals surface area contributed by atoms with E-state index in [1.54, 1.807) is 31.3 Å². The van der Waals surface area contributed by atoms with Gasteiger partial charge in [0.2, 0.25) is 0 Å². The molecule has 58 heavy (non-hydrogen) atoms. The number of pyridine rings is 1.